The van der Waals surface area contributed by atoms with Gasteiger partial charge in [0.25, 0.3) is 5.91 Å². The van der Waals surface area contributed by atoms with Crippen molar-refractivity contribution < 1.29 is 15.0 Å². The molecule has 10 nitrogen and oxygen atoms in total. The zero-order chi connectivity index (χ0) is 29.9. The van der Waals surface area contributed by atoms with Gasteiger partial charge in [-0.1, -0.05) is 30.3 Å². The van der Waals surface area contributed by atoms with Gasteiger partial charge in [-0.15, -0.1) is 0 Å². The number of nitrogens with one attached hydrogen (secondary N) is 3. The average molecular weight is 584 g/mol. The molecule has 2 aromatic heterocycles. The van der Waals surface area contributed by atoms with Crippen LogP contribution in [0.25, 0.3) is 22.4 Å². The molecule has 1 amide bonds. The number of aryl methyl sites for hydroxylation is 2. The van der Waals surface area contributed by atoms with Crippen LogP contribution < -0.4 is 16.0 Å². The number of carbonyl (C=O) groups is 1. The molecule has 0 saturated heterocycles. The first-order chi connectivity index (χ1) is 21.0. The fourth-order valence-electron chi connectivity index (χ4n) is 6.56. The Morgan fingerprint density at radius 2 is 1.40 bits per heavy atom. The predicted octanol–water partition coefficient (Wildman–Crippen LogP) is 4.12. The Morgan fingerprint density at radius 1 is 0.814 bits per heavy atom. The van der Waals surface area contributed by atoms with E-state index in [1.807, 2.05) is 29.8 Å². The molecule has 0 aliphatic carbocycles. The molecule has 2 aliphatic rings. The first-order valence-corrected chi connectivity index (χ1v) is 15.3. The number of hydrogen-bond donors (Lipinski definition) is 5. The number of fused-ring (bicyclic) bond motifs is 2. The van der Waals surface area contributed by atoms with Gasteiger partial charge in [0.1, 0.15) is 0 Å². The number of amides is 1. The van der Waals surface area contributed by atoms with Gasteiger partial charge in [-0.25, -0.2) is 0 Å². The Kier molecular flexibility index (Phi) is 8.71. The topological polar surface area (TPSA) is 129 Å². The maximum Gasteiger partial charge on any atom is 0.276 e. The highest BCUT2D eigenvalue weighted by Gasteiger charge is 2.26. The predicted molar refractivity (Wildman–Crippen MR) is 167 cm³/mol. The van der Waals surface area contributed by atoms with Crippen LogP contribution in [0.15, 0.2) is 48.5 Å². The van der Waals surface area contributed by atoms with Crippen molar-refractivity contribution in [2.45, 2.75) is 64.7 Å². The number of anilines is 1. The maximum atomic E-state index is 13.4. The third-order valence-corrected chi connectivity index (χ3v) is 8.78. The van der Waals surface area contributed by atoms with Gasteiger partial charge >= 0.3 is 0 Å². The smallest absolute Gasteiger partial charge is 0.276 e. The number of hydrogen-bond acceptors (Lipinski definition) is 7. The molecule has 4 heterocycles. The van der Waals surface area contributed by atoms with Crippen LogP contribution >= 0.6 is 0 Å². The van der Waals surface area contributed by atoms with E-state index in [9.17, 15) is 15.0 Å². The van der Waals surface area contributed by atoms with Crippen molar-refractivity contribution in [1.82, 2.24) is 30.2 Å². The Hall–Kier alpha value is -3.83. The zero-order valence-electron chi connectivity index (χ0n) is 24.9. The Morgan fingerprint density at radius 3 is 2.07 bits per heavy atom. The molecule has 0 saturated carbocycles. The minimum Gasteiger partial charge on any atom is -0.395 e. The molecule has 2 unspecified atom stereocenters. The molecule has 0 bridgehead atoms. The lowest BCUT2D eigenvalue weighted by molar-refractivity contribution is 0.102. The van der Waals surface area contributed by atoms with Gasteiger partial charge < -0.3 is 26.2 Å². The maximum absolute atomic E-state index is 13.4. The molecular weight excluding hydrogens is 542 g/mol. The SMILES string of the molecule is Cc1c(NC(=O)c2cc3n(n2)CCCC3NCCO)cccc1-c1cccc(-c2cc3n(n2)CCCC3NCCO)c1C. The summed E-state index contributed by atoms with van der Waals surface area (Å²) in [5.74, 6) is -0.235. The molecule has 0 spiro atoms. The van der Waals surface area contributed by atoms with E-state index >= 15 is 0 Å². The first-order valence-electron chi connectivity index (χ1n) is 15.3. The second-order valence-electron chi connectivity index (χ2n) is 11.5. The molecule has 0 fully saturated rings. The van der Waals surface area contributed by atoms with Crippen LogP contribution in [0.4, 0.5) is 5.69 Å². The van der Waals surface area contributed by atoms with Crippen molar-refractivity contribution in [3.05, 3.63) is 76.7 Å². The Balaban J connectivity index is 1.25. The number of aromatic nitrogens is 4. The number of carbonyl (C=O) groups excluding carboxylic acids is 1. The first kappa shape index (κ1) is 29.3. The minimum absolute atomic E-state index is 0.0731. The van der Waals surface area contributed by atoms with Gasteiger partial charge in [-0.05, 0) is 80.0 Å². The molecule has 226 valence electrons. The van der Waals surface area contributed by atoms with Gasteiger partial charge in [-0.2, -0.15) is 10.2 Å². The van der Waals surface area contributed by atoms with E-state index in [2.05, 4.69) is 63.0 Å². The summed E-state index contributed by atoms with van der Waals surface area (Å²) in [5, 5.41) is 38.0. The monoisotopic (exact) mass is 583 g/mol. The Labute approximate surface area is 252 Å². The van der Waals surface area contributed by atoms with Crippen molar-refractivity contribution in [2.24, 2.45) is 0 Å². The summed E-state index contributed by atoms with van der Waals surface area (Å²) >= 11 is 0. The van der Waals surface area contributed by atoms with E-state index in [1.165, 1.54) is 0 Å². The van der Waals surface area contributed by atoms with Crippen molar-refractivity contribution in [3.8, 4) is 22.4 Å². The normalized spacial score (nSPS) is 17.9. The average Bonchev–Trinajstić information content (AvgIpc) is 3.66. The second-order valence-corrected chi connectivity index (χ2v) is 11.5. The molecular formula is C33H41N7O3. The van der Waals surface area contributed by atoms with Crippen molar-refractivity contribution >= 4 is 11.6 Å². The third kappa shape index (κ3) is 5.88. The van der Waals surface area contributed by atoms with Gasteiger partial charge in [0.2, 0.25) is 0 Å². The quantitative estimate of drug-likeness (QED) is 0.190. The standard InChI is InChI=1S/C33H41N7O3/c1-21-23(7-3-9-25(21)29-19-31-27(34-13-17-41)11-5-15-39(31)37-29)24-8-4-10-26(22(24)2)36-33(43)30-20-32-28(35-14-18-42)12-6-16-40(32)38-30/h3-4,7-10,19-20,27-28,34-35,41-42H,5-6,11-18H2,1-2H3,(H,36,43). The van der Waals surface area contributed by atoms with Crippen LogP contribution in [0, 0.1) is 13.8 Å². The largest absolute Gasteiger partial charge is 0.395 e. The van der Waals surface area contributed by atoms with E-state index in [4.69, 9.17) is 5.10 Å². The van der Waals surface area contributed by atoms with E-state index in [0.29, 0.717) is 18.8 Å². The summed E-state index contributed by atoms with van der Waals surface area (Å²) in [6.07, 6.45) is 4.01. The van der Waals surface area contributed by atoms with Gasteiger partial charge in [-0.3, -0.25) is 14.2 Å². The summed E-state index contributed by atoms with van der Waals surface area (Å²) in [4.78, 5) is 13.4. The third-order valence-electron chi connectivity index (χ3n) is 8.78. The second kappa shape index (κ2) is 12.8. The number of rotatable bonds is 10. The van der Waals surface area contributed by atoms with E-state index < -0.39 is 0 Å². The number of aliphatic hydroxyl groups excluding tert-OH is 2. The fraction of sp³-hybridized carbons (Fsp3) is 0.424. The molecule has 2 aromatic carbocycles. The molecule has 2 aliphatic heterocycles. The van der Waals surface area contributed by atoms with Gasteiger partial charge in [0.05, 0.1) is 30.3 Å². The summed E-state index contributed by atoms with van der Waals surface area (Å²) in [7, 11) is 0. The zero-order valence-corrected chi connectivity index (χ0v) is 24.9. The van der Waals surface area contributed by atoms with Crippen molar-refractivity contribution in [1.29, 1.82) is 0 Å². The number of aliphatic hydroxyl groups is 2. The van der Waals surface area contributed by atoms with Crippen LogP contribution in [0.2, 0.25) is 0 Å². The van der Waals surface area contributed by atoms with Crippen LogP contribution in [0.3, 0.4) is 0 Å². The lowest BCUT2D eigenvalue weighted by Gasteiger charge is -2.24. The molecule has 10 heteroatoms. The minimum atomic E-state index is -0.235. The molecule has 4 aromatic rings. The lowest BCUT2D eigenvalue weighted by Crippen LogP contribution is -2.29. The molecule has 6 rings (SSSR count). The van der Waals surface area contributed by atoms with E-state index in [1.54, 1.807) is 0 Å². The molecule has 0 radical (unpaired) electrons. The highest BCUT2D eigenvalue weighted by atomic mass is 16.3. The van der Waals surface area contributed by atoms with Crippen molar-refractivity contribution in [2.75, 3.05) is 31.6 Å². The fourth-order valence-corrected chi connectivity index (χ4v) is 6.56. The number of benzene rings is 2. The van der Waals surface area contributed by atoms with Gasteiger partial charge in [0, 0.05) is 49.5 Å². The highest BCUT2D eigenvalue weighted by Crippen LogP contribution is 2.37. The number of nitrogens with zero attached hydrogens (tertiary/aromatic N) is 4. The van der Waals surface area contributed by atoms with Crippen molar-refractivity contribution in [3.63, 3.8) is 0 Å². The van der Waals surface area contributed by atoms with Crippen LogP contribution in [-0.2, 0) is 13.1 Å². The summed E-state index contributed by atoms with van der Waals surface area (Å²) in [5.41, 5.74) is 9.61. The summed E-state index contributed by atoms with van der Waals surface area (Å²) in [6, 6.07) is 16.6. The van der Waals surface area contributed by atoms with E-state index in [0.717, 1.165) is 89.4 Å². The summed E-state index contributed by atoms with van der Waals surface area (Å²) in [6.45, 7) is 7.11. The molecule has 2 atom stereocenters. The molecule has 43 heavy (non-hydrogen) atoms. The van der Waals surface area contributed by atoms with E-state index in [-0.39, 0.29) is 31.2 Å². The van der Waals surface area contributed by atoms with Gasteiger partial charge in [0.15, 0.2) is 5.69 Å². The van der Waals surface area contributed by atoms with Crippen LogP contribution in [0.5, 0.6) is 0 Å². The lowest BCUT2D eigenvalue weighted by atomic mass is 9.91. The highest BCUT2D eigenvalue weighted by molar-refractivity contribution is 6.04. The summed E-state index contributed by atoms with van der Waals surface area (Å²) < 4.78 is 4.00. The van der Waals surface area contributed by atoms with Crippen LogP contribution in [-0.4, -0.2) is 62.0 Å². The molecule has 5 N–H and O–H groups in total. The Bertz CT molecular complexity index is 1610. The van der Waals surface area contributed by atoms with Crippen LogP contribution in [0.1, 0.15) is 70.8 Å².